The van der Waals surface area contributed by atoms with Crippen LogP contribution in [-0.2, 0) is 43.3 Å². The molecule has 2 aliphatic heterocycles. The first-order chi connectivity index (χ1) is 24.0. The Morgan fingerprint density at radius 2 is 1.75 bits per heavy atom. The van der Waals surface area contributed by atoms with E-state index in [0.29, 0.717) is 17.7 Å². The predicted molar refractivity (Wildman–Crippen MR) is 200 cm³/mol. The van der Waals surface area contributed by atoms with E-state index >= 15 is 0 Å². The van der Waals surface area contributed by atoms with E-state index in [9.17, 15) is 4.57 Å². The molecule has 2 saturated heterocycles. The Hall–Kier alpha value is -1.76. The average Bonchev–Trinajstić information content (AvgIpc) is 3.20. The van der Waals surface area contributed by atoms with E-state index in [0.717, 1.165) is 18.4 Å². The molecule has 52 heavy (non-hydrogen) atoms. The van der Waals surface area contributed by atoms with Crippen LogP contribution < -0.4 is 10.8 Å². The maximum Gasteiger partial charge on any atom is 0.340 e. The second-order valence-electron chi connectivity index (χ2n) is 17.3. The van der Waals surface area contributed by atoms with Crippen LogP contribution in [0.5, 0.6) is 0 Å². The fourth-order valence-corrected chi connectivity index (χ4v) is 11.8. The van der Waals surface area contributed by atoms with Crippen LogP contribution in [-0.4, -0.2) is 74.2 Å². The summed E-state index contributed by atoms with van der Waals surface area (Å²) in [7, 11) is -5.42. The summed E-state index contributed by atoms with van der Waals surface area (Å²) < 4.78 is 58.8. The molecule has 2 unspecified atom stereocenters. The fourth-order valence-electron chi connectivity index (χ4n) is 6.89. The summed E-state index contributed by atoms with van der Waals surface area (Å²) in [6, 6.07) is 8.47. The molecule has 0 radical (unpaired) electrons. The van der Waals surface area contributed by atoms with Crippen LogP contribution >= 0.6 is 27.6 Å². The minimum Gasteiger partial charge on any atom is -0.360 e. The molecule has 3 fully saturated rings. The maximum absolute atomic E-state index is 14.2. The van der Waals surface area contributed by atoms with Crippen LogP contribution in [0.3, 0.4) is 0 Å². The van der Waals surface area contributed by atoms with Crippen molar-refractivity contribution in [2.45, 2.75) is 148 Å². The Labute approximate surface area is 313 Å². The van der Waals surface area contributed by atoms with Crippen molar-refractivity contribution >= 4 is 33.4 Å². The van der Waals surface area contributed by atoms with E-state index in [1.54, 1.807) is 6.20 Å². The minimum atomic E-state index is -3.67. The molecule has 0 amide bonds. The third-order valence-corrected chi connectivity index (χ3v) is 13.9. The monoisotopic (exact) mass is 781 g/mol. The highest BCUT2D eigenvalue weighted by atomic mass is 35.5. The zero-order valence-corrected chi connectivity index (χ0v) is 34.7. The summed E-state index contributed by atoms with van der Waals surface area (Å²) in [6.07, 6.45) is 3.00. The lowest BCUT2D eigenvalue weighted by Crippen LogP contribution is -2.33. The molecule has 1 aromatic carbocycles. The van der Waals surface area contributed by atoms with Gasteiger partial charge in [-0.3, -0.25) is 9.66 Å². The molecule has 4 aliphatic rings. The van der Waals surface area contributed by atoms with Crippen LogP contribution in [0.15, 0.2) is 41.0 Å². The first-order valence-corrected chi connectivity index (χ1v) is 21.3. The van der Waals surface area contributed by atoms with Gasteiger partial charge in [0, 0.05) is 12.6 Å². The van der Waals surface area contributed by atoms with E-state index in [1.807, 2.05) is 82.2 Å². The third kappa shape index (κ3) is 9.72. The molecule has 3 heterocycles. The molecule has 288 valence electrons. The van der Waals surface area contributed by atoms with Gasteiger partial charge in [-0.2, -0.15) is 4.98 Å². The lowest BCUT2D eigenvalue weighted by Gasteiger charge is -2.35. The predicted octanol–water partition coefficient (Wildman–Crippen LogP) is 8.33. The van der Waals surface area contributed by atoms with Crippen LogP contribution in [0.2, 0.25) is 5.28 Å². The molecule has 1 aromatic heterocycles. The fraction of sp³-hybridized carbons (Fsp3) is 0.694. The molecular formula is C36H54ClN5O8P2. The minimum absolute atomic E-state index is 0.0462. The molecule has 1 spiro atoms. The molecule has 1 saturated carbocycles. The first-order valence-electron chi connectivity index (χ1n) is 17.9. The van der Waals surface area contributed by atoms with Gasteiger partial charge in [-0.05, 0) is 117 Å². The van der Waals surface area contributed by atoms with Gasteiger partial charge >= 0.3 is 7.60 Å². The number of benzene rings is 1. The van der Waals surface area contributed by atoms with Crippen molar-refractivity contribution in [3.8, 4) is 0 Å². The summed E-state index contributed by atoms with van der Waals surface area (Å²) >= 11 is 6.21. The second kappa shape index (κ2) is 14.4. The highest BCUT2D eigenvalue weighted by molar-refractivity contribution is 7.68. The SMILES string of the molecule is CC(C)(C)OP(CP(=O)(OC(C)(C)C)OC(C)(C)C)OC[C@H]1OC2(C/C2=C\N=c2/[nH]nc(Cl)nc2N[C@H]2CCc3ccccc32)[C@@H]2OC(C)(C)O[C@@H]21. The van der Waals surface area contributed by atoms with E-state index in [-0.39, 0.29) is 29.9 Å². The Morgan fingerprint density at radius 3 is 2.42 bits per heavy atom. The molecule has 2 aliphatic carbocycles. The number of aromatic nitrogens is 3. The largest absolute Gasteiger partial charge is 0.360 e. The normalized spacial score (nSPS) is 28.8. The zero-order valence-electron chi connectivity index (χ0n) is 32.1. The van der Waals surface area contributed by atoms with Gasteiger partial charge in [0.15, 0.2) is 25.5 Å². The maximum atomic E-state index is 14.2. The summed E-state index contributed by atoms with van der Waals surface area (Å²) in [5.74, 6) is -0.359. The smallest absolute Gasteiger partial charge is 0.340 e. The third-order valence-electron chi connectivity index (χ3n) is 8.54. The summed E-state index contributed by atoms with van der Waals surface area (Å²) in [4.78, 5) is 9.23. The summed E-state index contributed by atoms with van der Waals surface area (Å²) in [5, 5.41) is 10.6. The number of rotatable bonds is 11. The molecule has 13 nitrogen and oxygen atoms in total. The number of hydrogen-bond donors (Lipinski definition) is 2. The lowest BCUT2D eigenvalue weighted by molar-refractivity contribution is -0.192. The number of nitrogens with one attached hydrogen (secondary N) is 2. The number of anilines is 1. The van der Waals surface area contributed by atoms with Gasteiger partial charge in [-0.1, -0.05) is 24.3 Å². The molecule has 2 aromatic rings. The number of ether oxygens (including phenoxy) is 3. The quantitative estimate of drug-likeness (QED) is 0.212. The zero-order chi connectivity index (χ0) is 37.9. The van der Waals surface area contributed by atoms with Gasteiger partial charge in [-0.15, -0.1) is 5.10 Å². The number of halogens is 1. The lowest BCUT2D eigenvalue weighted by atomic mass is 10.1. The molecule has 6 atom stereocenters. The molecule has 6 rings (SSSR count). The number of nitrogens with zero attached hydrogens (tertiary/aromatic N) is 3. The number of H-pyrrole nitrogens is 1. The molecular weight excluding hydrogens is 728 g/mol. The number of aromatic amines is 1. The number of hydrogen-bond acceptors (Lipinski definition) is 12. The van der Waals surface area contributed by atoms with E-state index < -0.39 is 56.4 Å². The molecule has 16 heteroatoms. The van der Waals surface area contributed by atoms with Crippen LogP contribution in [0.1, 0.15) is 106 Å². The van der Waals surface area contributed by atoms with Crippen LogP contribution in [0.4, 0.5) is 5.82 Å². The Morgan fingerprint density at radius 1 is 1.06 bits per heavy atom. The second-order valence-corrected chi connectivity index (χ2v) is 21.4. The van der Waals surface area contributed by atoms with Gasteiger partial charge in [-0.25, -0.2) is 4.99 Å². The van der Waals surface area contributed by atoms with Gasteiger partial charge in [0.25, 0.3) is 0 Å². The molecule has 2 N–H and O–H groups in total. The van der Waals surface area contributed by atoms with Crippen molar-refractivity contribution in [3.63, 3.8) is 0 Å². The van der Waals surface area contributed by atoms with Crippen molar-refractivity contribution < 1.29 is 36.9 Å². The van der Waals surface area contributed by atoms with Crippen molar-refractivity contribution in [3.05, 3.63) is 57.9 Å². The summed E-state index contributed by atoms with van der Waals surface area (Å²) in [5.41, 5.74) is 1.20. The Kier molecular flexibility index (Phi) is 11.0. The van der Waals surface area contributed by atoms with Crippen LogP contribution in [0, 0.1) is 0 Å². The molecule has 0 bridgehead atoms. The number of aryl methyl sites for hydroxylation is 1. The Balaban J connectivity index is 1.21. The standard InChI is InChI=1S/C36H54ClN5O8P2/c1-32(2,3)48-51(21-52(43,49-33(4,5)6)50-34(7,8)9)44-20-26-27-28(47-35(10,11)46-27)36(45-26)18-23(36)19-38-29-30(40-31(37)42-41-29)39-25-17-16-22-14-12-13-15-24(22)25/h12-15,19,25-28H,16-18,20-21H2,1-11H3,(H,38,41)(H,39,40,42)/b23-19+/t25-,26+,27+,28+,36?,51?/m0/s1. The van der Waals surface area contributed by atoms with E-state index in [1.165, 1.54) is 11.1 Å². The first kappa shape index (κ1) is 39.9. The highest BCUT2D eigenvalue weighted by Crippen LogP contribution is 2.65. The summed E-state index contributed by atoms with van der Waals surface area (Å²) in [6.45, 7) is 20.8. The number of fused-ring (bicyclic) bond motifs is 3. The van der Waals surface area contributed by atoms with Crippen molar-refractivity contribution in [1.82, 2.24) is 15.2 Å². The van der Waals surface area contributed by atoms with Crippen molar-refractivity contribution in [2.75, 3.05) is 17.8 Å². The van der Waals surface area contributed by atoms with Crippen molar-refractivity contribution in [2.24, 2.45) is 4.99 Å². The van der Waals surface area contributed by atoms with Gasteiger partial charge < -0.3 is 37.6 Å². The van der Waals surface area contributed by atoms with E-state index in [4.69, 9.17) is 48.9 Å². The highest BCUT2D eigenvalue weighted by Gasteiger charge is 2.71. The average molecular weight is 782 g/mol. The van der Waals surface area contributed by atoms with Gasteiger partial charge in [0.1, 0.15) is 29.8 Å². The van der Waals surface area contributed by atoms with Gasteiger partial charge in [0.05, 0.1) is 29.5 Å². The van der Waals surface area contributed by atoms with Gasteiger partial charge in [0.2, 0.25) is 5.28 Å². The van der Waals surface area contributed by atoms with E-state index in [2.05, 4.69) is 38.7 Å². The Bertz CT molecular complexity index is 1760. The van der Waals surface area contributed by atoms with Crippen molar-refractivity contribution in [1.29, 1.82) is 0 Å². The topological polar surface area (TPSA) is 148 Å². The van der Waals surface area contributed by atoms with Crippen LogP contribution in [0.25, 0.3) is 0 Å².